The number of carboxylic acid groups (broad SMARTS) is 1. The summed E-state index contributed by atoms with van der Waals surface area (Å²) in [5.41, 5.74) is 0.323. The number of nitrogens with two attached hydrogens (primary N) is 1. The first-order valence-electron chi connectivity index (χ1n) is 5.97. The molecule has 0 radical (unpaired) electrons. The molecule has 9 heteroatoms. The number of nitrogens with zero attached hydrogens (tertiary/aromatic N) is 1. The summed E-state index contributed by atoms with van der Waals surface area (Å²) in [4.78, 5) is 24.1. The summed E-state index contributed by atoms with van der Waals surface area (Å²) in [5.74, 6) is -1.36. The molecule has 1 aliphatic rings. The molecule has 8 nitrogen and oxygen atoms in total. The van der Waals surface area contributed by atoms with Crippen LogP contribution in [0.5, 0.6) is 5.75 Å². The van der Waals surface area contributed by atoms with Gasteiger partial charge < -0.3 is 14.7 Å². The average Bonchev–Trinajstić information content (AvgIpc) is 2.79. The maximum absolute atomic E-state index is 12.0. The van der Waals surface area contributed by atoms with Gasteiger partial charge in [-0.3, -0.25) is 4.79 Å². The molecule has 0 aromatic heterocycles. The summed E-state index contributed by atoms with van der Waals surface area (Å²) in [6, 6.07) is 4.00. The highest BCUT2D eigenvalue weighted by atomic mass is 32.2. The molecule has 3 N–H and O–H groups in total. The topological polar surface area (TPSA) is 127 Å². The van der Waals surface area contributed by atoms with Crippen molar-refractivity contribution in [1.82, 2.24) is 0 Å². The van der Waals surface area contributed by atoms with E-state index in [0.717, 1.165) is 0 Å². The lowest BCUT2D eigenvalue weighted by Crippen LogP contribution is -2.32. The number of rotatable bonds is 4. The van der Waals surface area contributed by atoms with Crippen molar-refractivity contribution in [1.29, 1.82) is 0 Å². The number of primary sulfonamides is 1. The first-order chi connectivity index (χ1) is 9.74. The van der Waals surface area contributed by atoms with Crippen LogP contribution in [0.2, 0.25) is 0 Å². The normalized spacial score (nSPS) is 18.9. The van der Waals surface area contributed by atoms with Gasteiger partial charge in [0.15, 0.2) is 0 Å². The lowest BCUT2D eigenvalue weighted by molar-refractivity contribution is -0.117. The standard InChI is InChI=1S/C12H14N2O6S/c1-20-10-4-7(12(16)17)2-3-9(10)14-6-8(5-11(14)15)21(13,18)19/h2-4,8H,5-6H2,1H3,(H,16,17)(H2,13,18,19). The van der Waals surface area contributed by atoms with Gasteiger partial charge in [0.2, 0.25) is 15.9 Å². The molecule has 0 bridgehead atoms. The van der Waals surface area contributed by atoms with Crippen molar-refractivity contribution in [2.75, 3.05) is 18.6 Å². The molecule has 21 heavy (non-hydrogen) atoms. The Bertz CT molecular complexity index is 700. The van der Waals surface area contributed by atoms with Gasteiger partial charge in [0.25, 0.3) is 0 Å². The van der Waals surface area contributed by atoms with Crippen LogP contribution in [-0.4, -0.2) is 44.3 Å². The van der Waals surface area contributed by atoms with Gasteiger partial charge in [0, 0.05) is 13.0 Å². The third-order valence-corrected chi connectivity index (χ3v) is 4.52. The Morgan fingerprint density at radius 3 is 2.62 bits per heavy atom. The molecular weight excluding hydrogens is 300 g/mol. The maximum Gasteiger partial charge on any atom is 0.335 e. The van der Waals surface area contributed by atoms with Crippen LogP contribution in [0, 0.1) is 0 Å². The zero-order valence-electron chi connectivity index (χ0n) is 11.1. The van der Waals surface area contributed by atoms with Gasteiger partial charge >= 0.3 is 5.97 Å². The van der Waals surface area contributed by atoms with E-state index in [2.05, 4.69) is 0 Å². The number of methoxy groups -OCH3 is 1. The van der Waals surface area contributed by atoms with Gasteiger partial charge in [-0.2, -0.15) is 0 Å². The summed E-state index contributed by atoms with van der Waals surface area (Å²) in [7, 11) is -2.48. The maximum atomic E-state index is 12.0. The van der Waals surface area contributed by atoms with Crippen LogP contribution in [0.15, 0.2) is 18.2 Å². The summed E-state index contributed by atoms with van der Waals surface area (Å²) in [6.07, 6.45) is -0.206. The van der Waals surface area contributed by atoms with E-state index in [0.29, 0.717) is 5.69 Å². The summed E-state index contributed by atoms with van der Waals surface area (Å²) in [6.45, 7) is -0.0829. The largest absolute Gasteiger partial charge is 0.495 e. The third kappa shape index (κ3) is 2.98. The van der Waals surface area contributed by atoms with Gasteiger partial charge in [0.05, 0.1) is 18.4 Å². The Balaban J connectivity index is 2.38. The van der Waals surface area contributed by atoms with Crippen molar-refractivity contribution in [3.63, 3.8) is 0 Å². The summed E-state index contributed by atoms with van der Waals surface area (Å²) >= 11 is 0. The van der Waals surface area contributed by atoms with E-state index in [4.69, 9.17) is 15.0 Å². The number of anilines is 1. The van der Waals surface area contributed by atoms with E-state index in [9.17, 15) is 18.0 Å². The van der Waals surface area contributed by atoms with Crippen molar-refractivity contribution in [3.8, 4) is 5.75 Å². The van der Waals surface area contributed by atoms with Crippen LogP contribution in [0.3, 0.4) is 0 Å². The fourth-order valence-electron chi connectivity index (χ4n) is 2.16. The minimum absolute atomic E-state index is 0.00485. The van der Waals surface area contributed by atoms with Gasteiger partial charge in [-0.25, -0.2) is 18.4 Å². The Morgan fingerprint density at radius 2 is 2.14 bits per heavy atom. The highest BCUT2D eigenvalue weighted by Gasteiger charge is 2.38. The zero-order chi connectivity index (χ0) is 15.8. The van der Waals surface area contributed by atoms with Crippen molar-refractivity contribution in [3.05, 3.63) is 23.8 Å². The minimum atomic E-state index is -3.81. The lowest BCUT2D eigenvalue weighted by atomic mass is 10.2. The van der Waals surface area contributed by atoms with Crippen molar-refractivity contribution in [2.45, 2.75) is 11.7 Å². The van der Waals surface area contributed by atoms with Crippen molar-refractivity contribution in [2.24, 2.45) is 5.14 Å². The van der Waals surface area contributed by atoms with Gasteiger partial charge in [0.1, 0.15) is 11.0 Å². The van der Waals surface area contributed by atoms with E-state index in [1.165, 1.54) is 30.2 Å². The monoisotopic (exact) mass is 314 g/mol. The van der Waals surface area contributed by atoms with Crippen LogP contribution in [0.4, 0.5) is 5.69 Å². The smallest absolute Gasteiger partial charge is 0.335 e. The molecule has 1 aromatic rings. The molecule has 1 unspecified atom stereocenters. The van der Waals surface area contributed by atoms with E-state index >= 15 is 0 Å². The zero-order valence-corrected chi connectivity index (χ0v) is 12.0. The molecule has 0 saturated carbocycles. The molecule has 114 valence electrons. The first-order valence-corrected chi connectivity index (χ1v) is 7.58. The van der Waals surface area contributed by atoms with E-state index < -0.39 is 27.1 Å². The minimum Gasteiger partial charge on any atom is -0.495 e. The van der Waals surface area contributed by atoms with E-state index in [-0.39, 0.29) is 24.3 Å². The number of benzene rings is 1. The third-order valence-electron chi connectivity index (χ3n) is 3.27. The fraction of sp³-hybridized carbons (Fsp3) is 0.333. The molecule has 1 heterocycles. The quantitative estimate of drug-likeness (QED) is 0.791. The fourth-order valence-corrected chi connectivity index (χ4v) is 2.89. The molecule has 1 fully saturated rings. The Hall–Kier alpha value is -2.13. The van der Waals surface area contributed by atoms with Gasteiger partial charge in [-0.15, -0.1) is 0 Å². The highest BCUT2D eigenvalue weighted by Crippen LogP contribution is 2.33. The van der Waals surface area contributed by atoms with E-state index in [1.807, 2.05) is 0 Å². The number of carbonyl (C=O) groups excluding carboxylic acids is 1. The van der Waals surface area contributed by atoms with Crippen LogP contribution in [0.25, 0.3) is 0 Å². The molecular formula is C12H14N2O6S. The number of ether oxygens (including phenoxy) is 1. The second-order valence-electron chi connectivity index (χ2n) is 4.61. The molecule has 2 rings (SSSR count). The second kappa shape index (κ2) is 5.34. The van der Waals surface area contributed by atoms with Crippen LogP contribution >= 0.6 is 0 Å². The number of carbonyl (C=O) groups is 2. The van der Waals surface area contributed by atoms with E-state index in [1.54, 1.807) is 0 Å². The number of amides is 1. The number of aromatic carboxylic acids is 1. The molecule has 0 aliphatic carbocycles. The molecule has 0 spiro atoms. The Labute approximate surface area is 121 Å². The van der Waals surface area contributed by atoms with Crippen molar-refractivity contribution >= 4 is 27.6 Å². The predicted molar refractivity (Wildman–Crippen MR) is 73.8 cm³/mol. The van der Waals surface area contributed by atoms with Gasteiger partial charge in [-0.05, 0) is 18.2 Å². The number of hydrogen-bond donors (Lipinski definition) is 2. The SMILES string of the molecule is COc1cc(C(=O)O)ccc1N1CC(S(N)(=O)=O)CC1=O. The van der Waals surface area contributed by atoms with Crippen LogP contribution in [0.1, 0.15) is 16.8 Å². The lowest BCUT2D eigenvalue weighted by Gasteiger charge is -2.19. The van der Waals surface area contributed by atoms with Crippen LogP contribution in [-0.2, 0) is 14.8 Å². The highest BCUT2D eigenvalue weighted by molar-refractivity contribution is 7.89. The molecule has 1 aromatic carbocycles. The number of hydrogen-bond acceptors (Lipinski definition) is 5. The van der Waals surface area contributed by atoms with Crippen LogP contribution < -0.4 is 14.8 Å². The van der Waals surface area contributed by atoms with Crippen molar-refractivity contribution < 1.29 is 27.9 Å². The van der Waals surface area contributed by atoms with Gasteiger partial charge in [-0.1, -0.05) is 0 Å². The predicted octanol–water partition coefficient (Wildman–Crippen LogP) is -0.213. The Morgan fingerprint density at radius 1 is 1.48 bits per heavy atom. The summed E-state index contributed by atoms with van der Waals surface area (Å²) in [5, 5.41) is 13.0. The number of sulfonamides is 1. The first kappa shape index (κ1) is 15.3. The molecule has 1 atom stereocenters. The Kier molecular flexibility index (Phi) is 3.88. The second-order valence-corrected chi connectivity index (χ2v) is 6.46. The summed E-state index contributed by atoms with van der Waals surface area (Å²) < 4.78 is 27.8. The average molecular weight is 314 g/mol. The molecule has 1 saturated heterocycles. The molecule has 1 aliphatic heterocycles. The molecule has 1 amide bonds. The number of carboxylic acids is 1.